The van der Waals surface area contributed by atoms with Crippen molar-refractivity contribution in [3.05, 3.63) is 135 Å². The number of aliphatic hydroxyl groups is 1. The number of carbonyl (C=O) groups excluding carboxylic acids is 2. The average molecular weight is 894 g/mol. The van der Waals surface area contributed by atoms with Crippen molar-refractivity contribution in [2.45, 2.75) is 98.6 Å². The summed E-state index contributed by atoms with van der Waals surface area (Å²) in [4.78, 5) is 26.0. The summed E-state index contributed by atoms with van der Waals surface area (Å²) >= 11 is 2.43. The van der Waals surface area contributed by atoms with Gasteiger partial charge in [-0.25, -0.2) is 18.7 Å². The Hall–Kier alpha value is -3.80. The van der Waals surface area contributed by atoms with E-state index in [-0.39, 0.29) is 35.5 Å². The maximum atomic E-state index is 13.0. The van der Waals surface area contributed by atoms with Gasteiger partial charge >= 0.3 is 11.9 Å². The smallest absolute Gasteiger partial charge is 0.339 e. The Balaban J connectivity index is 0.00000627. The van der Waals surface area contributed by atoms with Gasteiger partial charge in [0.25, 0.3) is 5.82 Å². The van der Waals surface area contributed by atoms with E-state index in [9.17, 15) is 14.7 Å². The van der Waals surface area contributed by atoms with Crippen LogP contribution in [-0.4, -0.2) is 32.8 Å². The summed E-state index contributed by atoms with van der Waals surface area (Å²) in [7, 11) is 0. The zero-order chi connectivity index (χ0) is 37.6. The van der Waals surface area contributed by atoms with Crippen molar-refractivity contribution in [1.82, 2.24) is 4.57 Å². The molecule has 0 bridgehead atoms. The van der Waals surface area contributed by atoms with E-state index in [1.165, 1.54) is 5.69 Å². The van der Waals surface area contributed by atoms with Crippen LogP contribution >= 0.6 is 22.6 Å². The molecule has 9 heteroatoms. The van der Waals surface area contributed by atoms with E-state index in [0.29, 0.717) is 24.2 Å². The number of ether oxygens (including phenoxy) is 2. The number of hydrogen-bond donors (Lipinski definition) is 1. The summed E-state index contributed by atoms with van der Waals surface area (Å²) in [5.74, 6) is 0.160. The molecule has 1 heterocycles. The van der Waals surface area contributed by atoms with Crippen molar-refractivity contribution >= 4 is 34.5 Å². The third-order valence-corrected chi connectivity index (χ3v) is 9.84. The van der Waals surface area contributed by atoms with Crippen LogP contribution in [0.25, 0.3) is 22.3 Å². The molecule has 0 radical (unpaired) electrons. The number of carbonyl (C=O) groups is 2. The molecule has 0 aliphatic heterocycles. The van der Waals surface area contributed by atoms with Crippen molar-refractivity contribution in [2.24, 2.45) is 0 Å². The number of aliphatic hydroxyl groups excluding tert-OH is 1. The number of esters is 2. The fraction of sp³-hybridized carbons (Fsp3) is 0.341. The van der Waals surface area contributed by atoms with Crippen molar-refractivity contribution in [1.29, 1.82) is 0 Å². The predicted octanol–water partition coefficient (Wildman–Crippen LogP) is 6.56. The van der Waals surface area contributed by atoms with Gasteiger partial charge < -0.3 is 31.6 Å². The normalized spacial score (nSPS) is 11.6. The minimum Gasteiger partial charge on any atom is -1.00 e. The lowest BCUT2D eigenvalue weighted by molar-refractivity contribution is -0.709. The van der Waals surface area contributed by atoms with E-state index < -0.39 is 11.2 Å². The Bertz CT molecular complexity index is 2020. The molecule has 280 valence electrons. The molecule has 0 spiro atoms. The van der Waals surface area contributed by atoms with Crippen LogP contribution in [0.4, 0.5) is 0 Å². The number of halogens is 2. The van der Waals surface area contributed by atoms with Crippen LogP contribution in [0.1, 0.15) is 105 Å². The summed E-state index contributed by atoms with van der Waals surface area (Å²) < 4.78 is 16.9. The van der Waals surface area contributed by atoms with Gasteiger partial charge in [0.1, 0.15) is 30.9 Å². The maximum absolute atomic E-state index is 13.0. The summed E-state index contributed by atoms with van der Waals surface area (Å²) in [6, 6.07) is 31.6. The fourth-order valence-corrected chi connectivity index (χ4v) is 7.23. The molecule has 0 saturated heterocycles. The minimum atomic E-state index is -0.585. The van der Waals surface area contributed by atoms with Crippen molar-refractivity contribution < 1.29 is 45.7 Å². The van der Waals surface area contributed by atoms with E-state index >= 15 is 0 Å². The van der Waals surface area contributed by atoms with Crippen LogP contribution in [-0.2, 0) is 35.6 Å². The number of unbranched alkanes of at least 4 members (excludes halogenated alkanes) is 1. The SMILES string of the molecule is CCCCc1c(I)[n+](Cc2ccc(-c3ccccc3C(=O)OC(C)(C)C)cc2)c(CO)n1Cc1ccc(-c2ccccc2C(=O)OC(C)(C)C)cc1.[Br-]. The highest BCUT2D eigenvalue weighted by Gasteiger charge is 2.29. The zero-order valence-corrected chi connectivity index (χ0v) is 35.5. The van der Waals surface area contributed by atoms with Crippen LogP contribution in [0.3, 0.4) is 0 Å². The molecule has 0 saturated carbocycles. The van der Waals surface area contributed by atoms with Gasteiger partial charge in [-0.1, -0.05) is 98.3 Å². The van der Waals surface area contributed by atoms with E-state index in [1.807, 2.05) is 108 Å². The maximum Gasteiger partial charge on any atom is 0.339 e. The zero-order valence-electron chi connectivity index (χ0n) is 31.7. The van der Waals surface area contributed by atoms with E-state index in [2.05, 4.69) is 62.9 Å². The summed E-state index contributed by atoms with van der Waals surface area (Å²) in [5, 5.41) is 10.8. The molecule has 0 fully saturated rings. The Morgan fingerprint density at radius 2 is 1.17 bits per heavy atom. The van der Waals surface area contributed by atoms with Gasteiger partial charge in [0.2, 0.25) is 3.70 Å². The van der Waals surface area contributed by atoms with Crippen molar-refractivity contribution in [3.8, 4) is 22.3 Å². The summed E-state index contributed by atoms with van der Waals surface area (Å²) in [6.45, 7) is 14.5. The lowest BCUT2D eigenvalue weighted by Gasteiger charge is -2.20. The number of hydrogen-bond acceptors (Lipinski definition) is 5. The molecule has 5 rings (SSSR count). The largest absolute Gasteiger partial charge is 1.00 e. The number of imidazole rings is 1. The van der Waals surface area contributed by atoms with Gasteiger partial charge in [0.05, 0.1) is 11.1 Å². The third-order valence-electron chi connectivity index (χ3n) is 8.64. The second-order valence-corrected chi connectivity index (χ2v) is 16.1. The first-order chi connectivity index (χ1) is 24.7. The number of nitrogens with zero attached hydrogens (tertiary/aromatic N) is 2. The number of aromatic nitrogens is 2. The highest BCUT2D eigenvalue weighted by atomic mass is 127. The van der Waals surface area contributed by atoms with Crippen LogP contribution in [0.15, 0.2) is 97.1 Å². The van der Waals surface area contributed by atoms with Crippen molar-refractivity contribution in [2.75, 3.05) is 0 Å². The van der Waals surface area contributed by atoms with Gasteiger partial charge in [-0.05, 0) is 93.5 Å². The molecular weight excluding hydrogens is 843 g/mol. The molecule has 7 nitrogen and oxygen atoms in total. The average Bonchev–Trinajstić information content (AvgIpc) is 3.34. The number of benzene rings is 4. The Morgan fingerprint density at radius 3 is 1.60 bits per heavy atom. The van der Waals surface area contributed by atoms with Gasteiger partial charge in [-0.3, -0.25) is 0 Å². The molecule has 1 N–H and O–H groups in total. The summed E-state index contributed by atoms with van der Waals surface area (Å²) in [6.07, 6.45) is 3.00. The first-order valence-corrected chi connectivity index (χ1v) is 19.0. The third kappa shape index (κ3) is 10.7. The molecule has 5 aromatic rings. The second kappa shape index (κ2) is 18.0. The van der Waals surface area contributed by atoms with Crippen molar-refractivity contribution in [3.63, 3.8) is 0 Å². The van der Waals surface area contributed by atoms with E-state index in [4.69, 9.17) is 9.47 Å². The van der Waals surface area contributed by atoms with Crippen LogP contribution < -0.4 is 21.5 Å². The predicted molar refractivity (Wildman–Crippen MR) is 214 cm³/mol. The number of rotatable bonds is 12. The molecule has 0 aliphatic carbocycles. The Morgan fingerprint density at radius 1 is 0.717 bits per heavy atom. The first-order valence-electron chi connectivity index (χ1n) is 17.9. The molecular formula is C44H50BrIN2O5. The van der Waals surface area contributed by atoms with Gasteiger partial charge in [-0.15, -0.1) is 0 Å². The van der Waals surface area contributed by atoms with Gasteiger partial charge in [-0.2, -0.15) is 0 Å². The van der Waals surface area contributed by atoms with E-state index in [1.54, 1.807) is 6.07 Å². The highest BCUT2D eigenvalue weighted by Crippen LogP contribution is 2.29. The fourth-order valence-electron chi connectivity index (χ4n) is 6.22. The van der Waals surface area contributed by atoms with E-state index in [0.717, 1.165) is 62.2 Å². The Labute approximate surface area is 338 Å². The quantitative estimate of drug-likeness (QED) is 0.0873. The lowest BCUT2D eigenvalue weighted by Crippen LogP contribution is -3.00. The lowest BCUT2D eigenvalue weighted by atomic mass is 9.98. The minimum absolute atomic E-state index is 0. The molecule has 0 unspecified atom stereocenters. The molecule has 53 heavy (non-hydrogen) atoms. The van der Waals surface area contributed by atoms with Gasteiger partial charge in [0.15, 0.2) is 5.69 Å². The Kier molecular flexibility index (Phi) is 14.3. The first kappa shape index (κ1) is 41.9. The van der Waals surface area contributed by atoms with Crippen LogP contribution in [0.2, 0.25) is 0 Å². The highest BCUT2D eigenvalue weighted by molar-refractivity contribution is 14.1. The van der Waals surface area contributed by atoms with Crippen LogP contribution in [0, 0.1) is 3.70 Å². The molecule has 0 atom stereocenters. The second-order valence-electron chi connectivity index (χ2n) is 15.1. The molecule has 1 aromatic heterocycles. The molecule has 4 aromatic carbocycles. The monoisotopic (exact) mass is 892 g/mol. The standard InChI is InChI=1S/C44H50IN2O5.BrH/c1-8-9-18-38-40(45)47(28-31-21-25-33(26-22-31)35-15-11-13-17-37(35)42(50)52-44(5,6)7)39(29-48)46(38)27-30-19-23-32(24-20-30)34-14-10-12-16-36(34)41(49)51-43(2,3)4;/h10-17,19-26,48H,8-9,18,27-29H2,1-7H3;1H/q+1;/p-1. The topological polar surface area (TPSA) is 81.6 Å². The van der Waals surface area contributed by atoms with Gasteiger partial charge in [0, 0.05) is 29.0 Å². The summed E-state index contributed by atoms with van der Waals surface area (Å²) in [5.41, 5.74) is 6.82. The van der Waals surface area contributed by atoms with Crippen LogP contribution in [0.5, 0.6) is 0 Å². The molecule has 0 amide bonds. The molecule has 0 aliphatic rings.